The fourth-order valence-electron chi connectivity index (χ4n) is 2.04. The Kier molecular flexibility index (Phi) is 5.19. The van der Waals surface area contributed by atoms with Crippen molar-refractivity contribution in [3.63, 3.8) is 0 Å². The molecule has 0 unspecified atom stereocenters. The van der Waals surface area contributed by atoms with Crippen molar-refractivity contribution in [2.45, 2.75) is 19.4 Å². The van der Waals surface area contributed by atoms with Crippen molar-refractivity contribution in [2.75, 3.05) is 13.1 Å². The topological polar surface area (TPSA) is 86.7 Å². The lowest BCUT2D eigenvalue weighted by Gasteiger charge is -2.29. The number of nitrogens with zero attached hydrogens (tertiary/aromatic N) is 1. The van der Waals surface area contributed by atoms with E-state index in [1.54, 1.807) is 0 Å². The van der Waals surface area contributed by atoms with Gasteiger partial charge in [0.1, 0.15) is 0 Å². The number of hydrogen-bond acceptors (Lipinski definition) is 4. The maximum Gasteiger partial charge on any atom is 0.306 e. The summed E-state index contributed by atoms with van der Waals surface area (Å²) in [6.45, 7) is 0.748. The second kappa shape index (κ2) is 6.52. The first-order valence-corrected chi connectivity index (χ1v) is 9.15. The van der Waals surface area contributed by atoms with Crippen molar-refractivity contribution in [3.8, 4) is 0 Å². The molecule has 0 atom stereocenters. The molecule has 20 heavy (non-hydrogen) atoms. The molecule has 0 aromatic carbocycles. The van der Waals surface area contributed by atoms with Crippen LogP contribution in [0.2, 0.25) is 0 Å². The highest BCUT2D eigenvalue weighted by molar-refractivity contribution is 9.11. The lowest BCUT2D eigenvalue weighted by Crippen LogP contribution is -2.45. The van der Waals surface area contributed by atoms with E-state index in [1.165, 1.54) is 15.6 Å². The lowest BCUT2D eigenvalue weighted by molar-refractivity contribution is -0.142. The zero-order chi connectivity index (χ0) is 14.8. The molecule has 0 aliphatic carbocycles. The predicted molar refractivity (Wildman–Crippen MR) is 79.7 cm³/mol. The zero-order valence-electron chi connectivity index (χ0n) is 10.6. The third-order valence-corrected chi connectivity index (χ3v) is 6.38. The Morgan fingerprint density at radius 2 is 2.10 bits per heavy atom. The molecule has 1 aromatic heterocycles. The van der Waals surface area contributed by atoms with Gasteiger partial charge in [0.15, 0.2) is 0 Å². The van der Waals surface area contributed by atoms with Crippen LogP contribution < -0.4 is 4.72 Å². The molecule has 0 saturated carbocycles. The Labute approximate surface area is 130 Å². The molecule has 0 spiro atoms. The molecule has 6 nitrogen and oxygen atoms in total. The molecule has 9 heteroatoms. The van der Waals surface area contributed by atoms with Gasteiger partial charge in [-0.3, -0.25) is 4.79 Å². The summed E-state index contributed by atoms with van der Waals surface area (Å²) in [6, 6.07) is 3.72. The molecule has 0 bridgehead atoms. The average molecular weight is 383 g/mol. The Hall–Kier alpha value is -0.480. The van der Waals surface area contributed by atoms with E-state index < -0.39 is 22.1 Å². The first kappa shape index (κ1) is 15.9. The third-order valence-electron chi connectivity index (χ3n) is 3.20. The van der Waals surface area contributed by atoms with E-state index in [2.05, 4.69) is 20.7 Å². The van der Waals surface area contributed by atoms with Crippen molar-refractivity contribution >= 4 is 43.4 Å². The molecule has 0 amide bonds. The van der Waals surface area contributed by atoms with Gasteiger partial charge in [-0.1, -0.05) is 0 Å². The number of carboxylic acids is 1. The first-order valence-electron chi connectivity index (χ1n) is 6.10. The van der Waals surface area contributed by atoms with Gasteiger partial charge in [0.2, 0.25) is 0 Å². The summed E-state index contributed by atoms with van der Waals surface area (Å²) >= 11 is 4.80. The Morgan fingerprint density at radius 1 is 1.45 bits per heavy atom. The number of carbonyl (C=O) groups is 1. The molecule has 1 aliphatic rings. The van der Waals surface area contributed by atoms with Crippen LogP contribution in [0.25, 0.3) is 0 Å². The molecule has 2 rings (SSSR count). The van der Waals surface area contributed by atoms with E-state index in [4.69, 9.17) is 5.11 Å². The second-order valence-electron chi connectivity index (χ2n) is 4.54. The fraction of sp³-hybridized carbons (Fsp3) is 0.545. The molecule has 1 saturated heterocycles. The molecule has 1 aromatic rings. The second-order valence-corrected chi connectivity index (χ2v) is 8.85. The van der Waals surface area contributed by atoms with Gasteiger partial charge in [0.05, 0.1) is 9.70 Å². The van der Waals surface area contributed by atoms with Gasteiger partial charge in [0, 0.05) is 24.5 Å². The van der Waals surface area contributed by atoms with E-state index in [1.807, 2.05) is 12.1 Å². The highest BCUT2D eigenvalue weighted by Crippen LogP contribution is 2.23. The van der Waals surface area contributed by atoms with Crippen molar-refractivity contribution in [1.82, 2.24) is 9.03 Å². The number of aliphatic carboxylic acids is 1. The highest BCUT2D eigenvalue weighted by atomic mass is 79.9. The minimum absolute atomic E-state index is 0.247. The molecule has 2 heterocycles. The predicted octanol–water partition coefficient (Wildman–Crippen LogP) is 1.64. The van der Waals surface area contributed by atoms with Gasteiger partial charge in [-0.05, 0) is 40.9 Å². The van der Waals surface area contributed by atoms with E-state index in [-0.39, 0.29) is 19.6 Å². The van der Waals surface area contributed by atoms with Crippen LogP contribution in [0.4, 0.5) is 0 Å². The molecule has 0 radical (unpaired) electrons. The van der Waals surface area contributed by atoms with Crippen LogP contribution in [0.15, 0.2) is 15.9 Å². The maximum absolute atomic E-state index is 12.1. The summed E-state index contributed by atoms with van der Waals surface area (Å²) in [5, 5.41) is 8.90. The zero-order valence-corrected chi connectivity index (χ0v) is 13.8. The summed E-state index contributed by atoms with van der Waals surface area (Å²) in [5.41, 5.74) is 0. The van der Waals surface area contributed by atoms with Crippen molar-refractivity contribution < 1.29 is 18.3 Å². The average Bonchev–Trinajstić information content (AvgIpc) is 2.82. The maximum atomic E-state index is 12.1. The summed E-state index contributed by atoms with van der Waals surface area (Å²) in [7, 11) is -3.54. The van der Waals surface area contributed by atoms with Gasteiger partial charge in [-0.15, -0.1) is 11.3 Å². The number of piperidine rings is 1. The van der Waals surface area contributed by atoms with Crippen LogP contribution in [0, 0.1) is 5.92 Å². The van der Waals surface area contributed by atoms with Crippen LogP contribution in [-0.2, 0) is 21.5 Å². The van der Waals surface area contributed by atoms with Crippen LogP contribution in [0.1, 0.15) is 17.7 Å². The van der Waals surface area contributed by atoms with E-state index >= 15 is 0 Å². The number of nitrogens with one attached hydrogen (secondary N) is 1. The Morgan fingerprint density at radius 3 is 2.60 bits per heavy atom. The van der Waals surface area contributed by atoms with Crippen LogP contribution in [-0.4, -0.2) is 36.9 Å². The van der Waals surface area contributed by atoms with Gasteiger partial charge >= 0.3 is 5.97 Å². The standard InChI is InChI=1S/C11H15BrN2O4S2/c12-10-2-1-9(19-10)7-13-20(17,18)14-5-3-8(4-6-14)11(15)16/h1-2,8,13H,3-7H2,(H,15,16). The molecule has 112 valence electrons. The van der Waals surface area contributed by atoms with E-state index in [0.717, 1.165) is 8.66 Å². The van der Waals surface area contributed by atoms with Crippen molar-refractivity contribution in [2.24, 2.45) is 5.92 Å². The largest absolute Gasteiger partial charge is 0.481 e. The Balaban J connectivity index is 1.89. The van der Waals surface area contributed by atoms with E-state index in [0.29, 0.717) is 12.8 Å². The normalized spacial score (nSPS) is 18.2. The molecular weight excluding hydrogens is 368 g/mol. The minimum atomic E-state index is -3.54. The number of hydrogen-bond donors (Lipinski definition) is 2. The van der Waals surface area contributed by atoms with Crippen molar-refractivity contribution in [1.29, 1.82) is 0 Å². The smallest absolute Gasteiger partial charge is 0.306 e. The van der Waals surface area contributed by atoms with Crippen LogP contribution in [0.5, 0.6) is 0 Å². The highest BCUT2D eigenvalue weighted by Gasteiger charge is 2.30. The fourth-order valence-corrected chi connectivity index (χ4v) is 4.77. The van der Waals surface area contributed by atoms with E-state index in [9.17, 15) is 13.2 Å². The quantitative estimate of drug-likeness (QED) is 0.810. The number of thiophene rings is 1. The SMILES string of the molecule is O=C(O)C1CCN(S(=O)(=O)NCc2ccc(Br)s2)CC1. The van der Waals surface area contributed by atoms with Crippen molar-refractivity contribution in [3.05, 3.63) is 20.8 Å². The lowest BCUT2D eigenvalue weighted by atomic mass is 9.99. The summed E-state index contributed by atoms with van der Waals surface area (Å²) in [6.07, 6.45) is 0.724. The first-order chi connectivity index (χ1) is 9.38. The summed E-state index contributed by atoms with van der Waals surface area (Å²) < 4.78 is 29.0. The van der Waals surface area contributed by atoms with Crippen LogP contribution in [0.3, 0.4) is 0 Å². The molecule has 2 N–H and O–H groups in total. The third kappa shape index (κ3) is 4.01. The number of carboxylic acid groups (broad SMARTS) is 1. The minimum Gasteiger partial charge on any atom is -0.481 e. The van der Waals surface area contributed by atoms with Gasteiger partial charge in [0.25, 0.3) is 10.2 Å². The summed E-state index contributed by atoms with van der Waals surface area (Å²) in [4.78, 5) is 11.8. The van der Waals surface area contributed by atoms with Gasteiger partial charge in [-0.2, -0.15) is 17.4 Å². The molecular formula is C11H15BrN2O4S2. The number of rotatable bonds is 5. The van der Waals surface area contributed by atoms with Gasteiger partial charge in [-0.25, -0.2) is 0 Å². The monoisotopic (exact) mass is 382 g/mol. The Bertz CT molecular complexity index is 579. The van der Waals surface area contributed by atoms with Gasteiger partial charge < -0.3 is 5.11 Å². The summed E-state index contributed by atoms with van der Waals surface area (Å²) in [5.74, 6) is -1.28. The molecule has 1 aliphatic heterocycles. The van der Waals surface area contributed by atoms with Crippen LogP contribution >= 0.6 is 27.3 Å². The molecule has 1 fully saturated rings. The number of halogens is 1.